The van der Waals surface area contributed by atoms with E-state index in [0.717, 1.165) is 5.56 Å². The number of rotatable bonds is 11. The second kappa shape index (κ2) is 11.6. The minimum atomic E-state index is -1.17. The first-order chi connectivity index (χ1) is 12.8. The van der Waals surface area contributed by atoms with Crippen LogP contribution in [0.4, 0.5) is 0 Å². The number of amides is 2. The number of aliphatic hydroxyl groups excluding tert-OH is 1. The molecule has 0 aromatic heterocycles. The highest BCUT2D eigenvalue weighted by atomic mass is 32.2. The molecule has 1 aromatic carbocycles. The minimum absolute atomic E-state index is 0.123. The Hall–Kier alpha value is -2.10. The molecule has 9 heteroatoms. The standard InChI is InChI=1S/C18H27N3O5S/c1-11(22)15(19)17(24)20-13(8-9-27-2)16(23)21-14(18(25)26)10-12-6-4-3-5-7-12/h3-7,11,13-15,22H,8-10,19H2,1-2H3,(H,20,24)(H,21,23)(H,25,26)/t11-,13+,14+,15+/m1/s1. The summed E-state index contributed by atoms with van der Waals surface area (Å²) in [5.74, 6) is -1.85. The first-order valence-corrected chi connectivity index (χ1v) is 9.95. The number of hydrogen-bond acceptors (Lipinski definition) is 6. The monoisotopic (exact) mass is 397 g/mol. The third-order valence-corrected chi connectivity index (χ3v) is 4.61. The summed E-state index contributed by atoms with van der Waals surface area (Å²) >= 11 is 1.49. The smallest absolute Gasteiger partial charge is 0.326 e. The van der Waals surface area contributed by atoms with Crippen molar-refractivity contribution in [1.29, 1.82) is 0 Å². The van der Waals surface area contributed by atoms with Gasteiger partial charge < -0.3 is 26.6 Å². The lowest BCUT2D eigenvalue weighted by atomic mass is 10.0. The van der Waals surface area contributed by atoms with E-state index >= 15 is 0 Å². The highest BCUT2D eigenvalue weighted by molar-refractivity contribution is 7.98. The fraction of sp³-hybridized carbons (Fsp3) is 0.500. The van der Waals surface area contributed by atoms with Crippen LogP contribution in [0.15, 0.2) is 30.3 Å². The summed E-state index contributed by atoms with van der Waals surface area (Å²) in [6.45, 7) is 1.38. The molecule has 150 valence electrons. The number of aliphatic hydroxyl groups is 1. The van der Waals surface area contributed by atoms with Gasteiger partial charge in [0.2, 0.25) is 11.8 Å². The number of carbonyl (C=O) groups excluding carboxylic acids is 2. The Labute approximate surface area is 162 Å². The Kier molecular flexibility index (Phi) is 9.84. The highest BCUT2D eigenvalue weighted by Crippen LogP contribution is 2.06. The molecule has 0 fully saturated rings. The molecular weight excluding hydrogens is 370 g/mol. The van der Waals surface area contributed by atoms with E-state index in [1.54, 1.807) is 24.3 Å². The Morgan fingerprint density at radius 2 is 1.70 bits per heavy atom. The third kappa shape index (κ3) is 7.98. The molecular formula is C18H27N3O5S. The van der Waals surface area contributed by atoms with Crippen LogP contribution in [0, 0.1) is 0 Å². The summed E-state index contributed by atoms with van der Waals surface area (Å²) < 4.78 is 0. The molecule has 0 aliphatic heterocycles. The van der Waals surface area contributed by atoms with Crippen molar-refractivity contribution in [2.75, 3.05) is 12.0 Å². The van der Waals surface area contributed by atoms with Crippen LogP contribution in [0.1, 0.15) is 18.9 Å². The van der Waals surface area contributed by atoms with Crippen molar-refractivity contribution < 1.29 is 24.6 Å². The first kappa shape index (κ1) is 22.9. The van der Waals surface area contributed by atoms with Crippen molar-refractivity contribution in [3.8, 4) is 0 Å². The quantitative estimate of drug-likeness (QED) is 0.346. The molecule has 0 heterocycles. The molecule has 1 aromatic rings. The fourth-order valence-electron chi connectivity index (χ4n) is 2.31. The number of carboxylic acid groups (broad SMARTS) is 1. The lowest BCUT2D eigenvalue weighted by Gasteiger charge is -2.23. The minimum Gasteiger partial charge on any atom is -0.480 e. The van der Waals surface area contributed by atoms with Crippen LogP contribution in [0.25, 0.3) is 0 Å². The third-order valence-electron chi connectivity index (χ3n) is 3.96. The molecule has 0 saturated heterocycles. The predicted molar refractivity (Wildman–Crippen MR) is 104 cm³/mol. The fourth-order valence-corrected chi connectivity index (χ4v) is 2.79. The van der Waals surface area contributed by atoms with Gasteiger partial charge in [-0.05, 0) is 30.9 Å². The van der Waals surface area contributed by atoms with Crippen molar-refractivity contribution in [3.63, 3.8) is 0 Å². The number of nitrogens with one attached hydrogen (secondary N) is 2. The van der Waals surface area contributed by atoms with Gasteiger partial charge in [0, 0.05) is 6.42 Å². The van der Waals surface area contributed by atoms with Gasteiger partial charge >= 0.3 is 5.97 Å². The van der Waals surface area contributed by atoms with E-state index in [-0.39, 0.29) is 6.42 Å². The summed E-state index contributed by atoms with van der Waals surface area (Å²) in [6, 6.07) is 5.70. The van der Waals surface area contributed by atoms with E-state index in [1.807, 2.05) is 12.3 Å². The Morgan fingerprint density at radius 3 is 2.22 bits per heavy atom. The van der Waals surface area contributed by atoms with Crippen LogP contribution in [-0.2, 0) is 20.8 Å². The molecule has 0 radical (unpaired) electrons. The summed E-state index contributed by atoms with van der Waals surface area (Å²) in [6.07, 6.45) is 1.22. The molecule has 2 amide bonds. The van der Waals surface area contributed by atoms with Crippen LogP contribution in [0.5, 0.6) is 0 Å². The maximum Gasteiger partial charge on any atom is 0.326 e. The highest BCUT2D eigenvalue weighted by Gasteiger charge is 2.28. The zero-order valence-electron chi connectivity index (χ0n) is 15.4. The molecule has 0 bridgehead atoms. The van der Waals surface area contributed by atoms with E-state index in [0.29, 0.717) is 12.2 Å². The maximum absolute atomic E-state index is 12.6. The van der Waals surface area contributed by atoms with Gasteiger partial charge in [-0.15, -0.1) is 0 Å². The average Bonchev–Trinajstić information content (AvgIpc) is 2.64. The molecule has 8 nitrogen and oxygen atoms in total. The van der Waals surface area contributed by atoms with Crippen molar-refractivity contribution in [2.45, 2.75) is 44.0 Å². The van der Waals surface area contributed by atoms with Crippen LogP contribution in [0.2, 0.25) is 0 Å². The van der Waals surface area contributed by atoms with E-state index in [2.05, 4.69) is 10.6 Å². The van der Waals surface area contributed by atoms with Gasteiger partial charge in [-0.3, -0.25) is 9.59 Å². The number of carbonyl (C=O) groups is 3. The topological polar surface area (TPSA) is 142 Å². The molecule has 0 unspecified atom stereocenters. The zero-order valence-corrected chi connectivity index (χ0v) is 16.2. The molecule has 0 aliphatic rings. The molecule has 27 heavy (non-hydrogen) atoms. The van der Waals surface area contributed by atoms with Gasteiger partial charge in [-0.1, -0.05) is 30.3 Å². The number of hydrogen-bond donors (Lipinski definition) is 5. The Balaban J connectivity index is 2.82. The largest absolute Gasteiger partial charge is 0.480 e. The van der Waals surface area contributed by atoms with Gasteiger partial charge in [0.15, 0.2) is 0 Å². The first-order valence-electron chi connectivity index (χ1n) is 8.56. The van der Waals surface area contributed by atoms with Gasteiger partial charge in [0.25, 0.3) is 0 Å². The van der Waals surface area contributed by atoms with Crippen molar-refractivity contribution >= 4 is 29.5 Å². The van der Waals surface area contributed by atoms with E-state index in [9.17, 15) is 24.6 Å². The van der Waals surface area contributed by atoms with Crippen molar-refractivity contribution in [3.05, 3.63) is 35.9 Å². The second-order valence-electron chi connectivity index (χ2n) is 6.20. The lowest BCUT2D eigenvalue weighted by Crippen LogP contribution is -2.56. The number of carboxylic acids is 1. The van der Waals surface area contributed by atoms with Crippen LogP contribution in [0.3, 0.4) is 0 Å². The van der Waals surface area contributed by atoms with E-state index < -0.39 is 42.0 Å². The van der Waals surface area contributed by atoms with E-state index in [1.165, 1.54) is 18.7 Å². The second-order valence-corrected chi connectivity index (χ2v) is 7.18. The van der Waals surface area contributed by atoms with Gasteiger partial charge in [0.1, 0.15) is 18.1 Å². The summed E-state index contributed by atoms with van der Waals surface area (Å²) in [4.78, 5) is 36.2. The molecule has 1 rings (SSSR count). The summed E-state index contributed by atoms with van der Waals surface area (Å²) in [5, 5.41) is 23.8. The van der Waals surface area contributed by atoms with Crippen molar-refractivity contribution in [1.82, 2.24) is 10.6 Å². The summed E-state index contributed by atoms with van der Waals surface area (Å²) in [5.41, 5.74) is 6.37. The summed E-state index contributed by atoms with van der Waals surface area (Å²) in [7, 11) is 0. The SMILES string of the molecule is CSCC[C@H](NC(=O)[C@@H](N)[C@@H](C)O)C(=O)N[C@@H](Cc1ccccc1)C(=O)O. The molecule has 4 atom stereocenters. The Morgan fingerprint density at radius 1 is 1.11 bits per heavy atom. The predicted octanol–water partition coefficient (Wildman–Crippen LogP) is -0.255. The zero-order chi connectivity index (χ0) is 20.4. The van der Waals surface area contributed by atoms with Crippen molar-refractivity contribution in [2.24, 2.45) is 5.73 Å². The van der Waals surface area contributed by atoms with Crippen LogP contribution in [-0.4, -0.2) is 64.2 Å². The number of thioether (sulfide) groups is 1. The number of benzene rings is 1. The maximum atomic E-state index is 12.6. The Bertz CT molecular complexity index is 627. The lowest BCUT2D eigenvalue weighted by molar-refractivity contribution is -0.142. The molecule has 0 saturated carbocycles. The number of nitrogens with two attached hydrogens (primary N) is 1. The van der Waals surface area contributed by atoms with Gasteiger partial charge in [0.05, 0.1) is 6.10 Å². The van der Waals surface area contributed by atoms with Crippen LogP contribution >= 0.6 is 11.8 Å². The molecule has 0 spiro atoms. The van der Waals surface area contributed by atoms with Crippen LogP contribution < -0.4 is 16.4 Å². The average molecular weight is 397 g/mol. The van der Waals surface area contributed by atoms with Gasteiger partial charge in [-0.25, -0.2) is 4.79 Å². The molecule has 6 N–H and O–H groups in total. The normalized spacial score (nSPS) is 15.3. The number of aliphatic carboxylic acids is 1. The molecule has 0 aliphatic carbocycles. The van der Waals surface area contributed by atoms with E-state index in [4.69, 9.17) is 5.73 Å². The van der Waals surface area contributed by atoms with Gasteiger partial charge in [-0.2, -0.15) is 11.8 Å².